The minimum atomic E-state index is -0.584. The van der Waals surface area contributed by atoms with E-state index in [9.17, 15) is 14.0 Å². The van der Waals surface area contributed by atoms with E-state index in [0.29, 0.717) is 42.7 Å². The van der Waals surface area contributed by atoms with Crippen LogP contribution >= 0.6 is 11.8 Å². The number of methoxy groups -OCH3 is 1. The van der Waals surface area contributed by atoms with Crippen LogP contribution in [0.4, 0.5) is 15.8 Å². The summed E-state index contributed by atoms with van der Waals surface area (Å²) in [6, 6.07) is 12.8. The van der Waals surface area contributed by atoms with Crippen LogP contribution in [-0.2, 0) is 14.3 Å². The number of nitrogens with zero attached hydrogens (tertiary/aromatic N) is 2. The number of anilines is 1. The summed E-state index contributed by atoms with van der Waals surface area (Å²) in [6.07, 6.45) is 0.642. The van der Waals surface area contributed by atoms with Crippen LogP contribution in [0.2, 0.25) is 0 Å². The van der Waals surface area contributed by atoms with Crippen molar-refractivity contribution in [3.05, 3.63) is 54.3 Å². The molecule has 7 nitrogen and oxygen atoms in total. The predicted octanol–water partition coefficient (Wildman–Crippen LogP) is 4.22. The summed E-state index contributed by atoms with van der Waals surface area (Å²) in [5, 5.41) is 2.67. The number of aliphatic imine (C=N–C) groups is 1. The molecular formula is C23H26FN3O4S. The first-order valence-corrected chi connectivity index (χ1v) is 11.2. The molecule has 3 rings (SSSR count). The smallest absolute Gasteiger partial charge is 0.242 e. The van der Waals surface area contributed by atoms with Crippen LogP contribution in [0.1, 0.15) is 19.8 Å². The molecule has 1 fully saturated rings. The first kappa shape index (κ1) is 23.7. The van der Waals surface area contributed by atoms with Crippen LogP contribution in [0, 0.1) is 5.82 Å². The third-order valence-corrected chi connectivity index (χ3v) is 5.80. The number of hydrogen-bond donors (Lipinski definition) is 1. The van der Waals surface area contributed by atoms with Gasteiger partial charge in [0.05, 0.1) is 12.3 Å². The van der Waals surface area contributed by atoms with E-state index in [2.05, 4.69) is 10.3 Å². The van der Waals surface area contributed by atoms with Gasteiger partial charge in [-0.2, -0.15) is 0 Å². The van der Waals surface area contributed by atoms with Crippen molar-refractivity contribution in [2.24, 2.45) is 4.99 Å². The lowest BCUT2D eigenvalue weighted by atomic mass is 10.2. The topological polar surface area (TPSA) is 80.2 Å². The number of ether oxygens (including phenoxy) is 2. The Hall–Kier alpha value is -2.91. The second-order valence-corrected chi connectivity index (χ2v) is 8.19. The quantitative estimate of drug-likeness (QED) is 0.538. The van der Waals surface area contributed by atoms with Gasteiger partial charge in [-0.25, -0.2) is 9.38 Å². The van der Waals surface area contributed by atoms with Crippen molar-refractivity contribution in [3.63, 3.8) is 0 Å². The van der Waals surface area contributed by atoms with Gasteiger partial charge in [0.2, 0.25) is 11.8 Å². The van der Waals surface area contributed by atoms with Gasteiger partial charge in [-0.3, -0.25) is 14.5 Å². The lowest BCUT2D eigenvalue weighted by Crippen LogP contribution is -2.34. The van der Waals surface area contributed by atoms with E-state index in [1.54, 1.807) is 12.0 Å². The lowest BCUT2D eigenvalue weighted by Gasteiger charge is -2.16. The Morgan fingerprint density at radius 1 is 1.19 bits per heavy atom. The average Bonchev–Trinajstić information content (AvgIpc) is 3.06. The van der Waals surface area contributed by atoms with Crippen LogP contribution in [0.15, 0.2) is 53.5 Å². The Balaban J connectivity index is 1.71. The molecule has 170 valence electrons. The largest absolute Gasteiger partial charge is 0.494 e. The number of amides is 2. The summed E-state index contributed by atoms with van der Waals surface area (Å²) in [5.41, 5.74) is 1.17. The molecule has 2 aromatic carbocycles. The van der Waals surface area contributed by atoms with Gasteiger partial charge in [-0.1, -0.05) is 11.8 Å². The molecule has 0 radical (unpaired) electrons. The second-order valence-electron chi connectivity index (χ2n) is 7.02. The SMILES string of the molecule is CCOc1ccc(N=C2SC(CC(=O)Nc3ccc(F)cc3)C(=O)N2CCCOC)cc1. The molecule has 9 heteroatoms. The van der Waals surface area contributed by atoms with Crippen molar-refractivity contribution in [1.29, 1.82) is 0 Å². The zero-order valence-corrected chi connectivity index (χ0v) is 18.9. The van der Waals surface area contributed by atoms with Crippen molar-refractivity contribution in [2.75, 3.05) is 32.2 Å². The molecule has 1 atom stereocenters. The van der Waals surface area contributed by atoms with Crippen LogP contribution in [0.5, 0.6) is 5.75 Å². The second kappa shape index (κ2) is 11.6. The third-order valence-electron chi connectivity index (χ3n) is 4.62. The van der Waals surface area contributed by atoms with Gasteiger partial charge < -0.3 is 14.8 Å². The number of thioether (sulfide) groups is 1. The van der Waals surface area contributed by atoms with Gasteiger partial charge >= 0.3 is 0 Å². The van der Waals surface area contributed by atoms with E-state index in [1.807, 2.05) is 31.2 Å². The van der Waals surface area contributed by atoms with Crippen molar-refractivity contribution >= 4 is 40.1 Å². The van der Waals surface area contributed by atoms with Gasteiger partial charge in [0.25, 0.3) is 0 Å². The molecule has 0 saturated carbocycles. The molecule has 1 N–H and O–H groups in total. The molecule has 0 spiro atoms. The summed E-state index contributed by atoms with van der Waals surface area (Å²) < 4.78 is 23.6. The molecule has 32 heavy (non-hydrogen) atoms. The Morgan fingerprint density at radius 2 is 1.91 bits per heavy atom. The third kappa shape index (κ3) is 6.54. The van der Waals surface area contributed by atoms with Gasteiger partial charge in [0.15, 0.2) is 5.17 Å². The van der Waals surface area contributed by atoms with Crippen LogP contribution < -0.4 is 10.1 Å². The van der Waals surface area contributed by atoms with Crippen molar-refractivity contribution in [3.8, 4) is 5.75 Å². The number of carbonyl (C=O) groups is 2. The number of rotatable bonds is 10. The Kier molecular flexibility index (Phi) is 8.64. The van der Waals surface area contributed by atoms with Crippen molar-refractivity contribution < 1.29 is 23.5 Å². The standard InChI is InChI=1S/C23H26FN3O4S/c1-3-31-19-11-9-18(10-12-19)26-23-27(13-4-14-30-2)22(29)20(32-23)15-21(28)25-17-7-5-16(24)6-8-17/h5-12,20H,3-4,13-15H2,1-2H3,(H,25,28). The summed E-state index contributed by atoms with van der Waals surface area (Å²) in [6.45, 7) is 3.46. The maximum Gasteiger partial charge on any atom is 0.242 e. The number of amidine groups is 1. The number of halogens is 1. The fraction of sp³-hybridized carbons (Fsp3) is 0.348. The molecule has 1 heterocycles. The predicted molar refractivity (Wildman–Crippen MR) is 124 cm³/mol. The maximum absolute atomic E-state index is 13.1. The molecule has 0 aliphatic carbocycles. The fourth-order valence-corrected chi connectivity index (χ4v) is 4.29. The van der Waals surface area contributed by atoms with Crippen LogP contribution in [0.25, 0.3) is 0 Å². The minimum absolute atomic E-state index is 0.00997. The molecule has 1 aliphatic heterocycles. The van der Waals surface area contributed by atoms with E-state index in [0.717, 1.165) is 5.75 Å². The molecular weight excluding hydrogens is 433 g/mol. The monoisotopic (exact) mass is 459 g/mol. The van der Waals surface area contributed by atoms with E-state index in [4.69, 9.17) is 9.47 Å². The molecule has 1 unspecified atom stereocenters. The number of hydrogen-bond acceptors (Lipinski definition) is 6. The number of nitrogens with one attached hydrogen (secondary N) is 1. The van der Waals surface area contributed by atoms with Gasteiger partial charge in [0.1, 0.15) is 16.8 Å². The molecule has 0 bridgehead atoms. The highest BCUT2D eigenvalue weighted by Crippen LogP contribution is 2.32. The summed E-state index contributed by atoms with van der Waals surface area (Å²) in [4.78, 5) is 31.7. The number of carbonyl (C=O) groups excluding carboxylic acids is 2. The molecule has 1 saturated heterocycles. The zero-order valence-electron chi connectivity index (χ0n) is 18.0. The first-order chi connectivity index (χ1) is 15.5. The highest BCUT2D eigenvalue weighted by Gasteiger charge is 2.38. The zero-order chi connectivity index (χ0) is 22.9. The Bertz CT molecular complexity index is 951. The summed E-state index contributed by atoms with van der Waals surface area (Å²) in [7, 11) is 1.61. The van der Waals surface area contributed by atoms with Gasteiger partial charge in [0, 0.05) is 32.4 Å². The Labute approximate surface area is 191 Å². The lowest BCUT2D eigenvalue weighted by molar-refractivity contribution is -0.128. The van der Waals surface area contributed by atoms with Crippen molar-refractivity contribution in [1.82, 2.24) is 4.90 Å². The number of benzene rings is 2. The minimum Gasteiger partial charge on any atom is -0.494 e. The van der Waals surface area contributed by atoms with E-state index in [-0.39, 0.29) is 24.1 Å². The molecule has 0 aromatic heterocycles. The first-order valence-electron chi connectivity index (χ1n) is 10.3. The van der Waals surface area contributed by atoms with E-state index >= 15 is 0 Å². The van der Waals surface area contributed by atoms with Crippen molar-refractivity contribution in [2.45, 2.75) is 25.0 Å². The average molecular weight is 460 g/mol. The van der Waals surface area contributed by atoms with Crippen LogP contribution in [0.3, 0.4) is 0 Å². The van der Waals surface area contributed by atoms with Crippen LogP contribution in [-0.4, -0.2) is 54.0 Å². The normalized spacial score (nSPS) is 17.1. The fourth-order valence-electron chi connectivity index (χ4n) is 3.11. The Morgan fingerprint density at radius 3 is 2.56 bits per heavy atom. The maximum atomic E-state index is 13.1. The summed E-state index contributed by atoms with van der Waals surface area (Å²) in [5.74, 6) is -0.114. The summed E-state index contributed by atoms with van der Waals surface area (Å²) >= 11 is 1.27. The molecule has 1 aliphatic rings. The van der Waals surface area contributed by atoms with E-state index in [1.165, 1.54) is 36.0 Å². The van der Waals surface area contributed by atoms with E-state index < -0.39 is 5.25 Å². The van der Waals surface area contributed by atoms with Gasteiger partial charge in [-0.05, 0) is 61.9 Å². The molecule has 2 amide bonds. The van der Waals surface area contributed by atoms with Gasteiger partial charge in [-0.15, -0.1) is 0 Å². The highest BCUT2D eigenvalue weighted by atomic mass is 32.2. The highest BCUT2D eigenvalue weighted by molar-refractivity contribution is 8.15. The molecule has 2 aromatic rings.